The molecule has 0 unspecified atom stereocenters. The largest absolute Gasteiger partial charge is 0.497 e. The van der Waals surface area contributed by atoms with Crippen LogP contribution in [0, 0.1) is 0 Å². The zero-order valence-corrected chi connectivity index (χ0v) is 22.5. The van der Waals surface area contributed by atoms with Crippen LogP contribution >= 0.6 is 0 Å². The van der Waals surface area contributed by atoms with E-state index in [0.717, 1.165) is 11.3 Å². The maximum Gasteiger partial charge on any atom is 0.253 e. The minimum Gasteiger partial charge on any atom is -0.497 e. The van der Waals surface area contributed by atoms with Crippen molar-refractivity contribution in [2.24, 2.45) is 0 Å². The molecule has 39 heavy (non-hydrogen) atoms. The Kier molecular flexibility index (Phi) is 7.54. The number of piperidine rings is 1. The van der Waals surface area contributed by atoms with E-state index in [1.54, 1.807) is 48.2 Å². The molecule has 0 bridgehead atoms. The number of rotatable bonds is 7. The second kappa shape index (κ2) is 11.2. The van der Waals surface area contributed by atoms with E-state index in [0.29, 0.717) is 50.5 Å². The van der Waals surface area contributed by atoms with Crippen LogP contribution < -0.4 is 9.64 Å². The average molecular weight is 527 g/mol. The molecular weight excluding hydrogens is 492 g/mol. The lowest BCUT2D eigenvalue weighted by atomic mass is 9.85. The van der Waals surface area contributed by atoms with Crippen LogP contribution in [0.1, 0.15) is 28.8 Å². The maximum absolute atomic E-state index is 14.0. The van der Waals surface area contributed by atoms with Gasteiger partial charge in [-0.2, -0.15) is 0 Å². The fraction of sp³-hybridized carbons (Fsp3) is 0.323. The summed E-state index contributed by atoms with van der Waals surface area (Å²) in [4.78, 5) is 47.6. The monoisotopic (exact) mass is 526 g/mol. The van der Waals surface area contributed by atoms with Crippen LogP contribution in [0.2, 0.25) is 0 Å². The van der Waals surface area contributed by atoms with E-state index in [1.165, 1.54) is 0 Å². The summed E-state index contributed by atoms with van der Waals surface area (Å²) in [6, 6.07) is 26.8. The predicted octanol–water partition coefficient (Wildman–Crippen LogP) is 3.63. The van der Waals surface area contributed by atoms with Gasteiger partial charge >= 0.3 is 0 Å². The van der Waals surface area contributed by atoms with Crippen LogP contribution in [0.3, 0.4) is 0 Å². The van der Waals surface area contributed by atoms with Crippen LogP contribution in [0.5, 0.6) is 5.75 Å². The molecule has 3 aromatic carbocycles. The van der Waals surface area contributed by atoms with E-state index < -0.39 is 5.54 Å². The van der Waals surface area contributed by atoms with Crippen LogP contribution in [0.15, 0.2) is 84.9 Å². The normalized spacial score (nSPS) is 16.5. The smallest absolute Gasteiger partial charge is 0.253 e. The molecule has 8 heteroatoms. The molecule has 2 aliphatic heterocycles. The Morgan fingerprint density at radius 3 is 2.13 bits per heavy atom. The second-order valence-electron chi connectivity index (χ2n) is 10.2. The van der Waals surface area contributed by atoms with Crippen molar-refractivity contribution < 1.29 is 19.1 Å². The molecule has 2 saturated heterocycles. The van der Waals surface area contributed by atoms with E-state index in [9.17, 15) is 14.4 Å². The number of nitrogens with zero attached hydrogens (tertiary/aromatic N) is 4. The van der Waals surface area contributed by atoms with Crippen LogP contribution in [0.25, 0.3) is 0 Å². The lowest BCUT2D eigenvalue weighted by Gasteiger charge is -2.43. The molecule has 0 atom stereocenters. The van der Waals surface area contributed by atoms with Gasteiger partial charge in [-0.15, -0.1) is 0 Å². The summed E-state index contributed by atoms with van der Waals surface area (Å²) in [5.41, 5.74) is 1.78. The van der Waals surface area contributed by atoms with E-state index in [-0.39, 0.29) is 24.3 Å². The third-order valence-electron chi connectivity index (χ3n) is 7.81. The van der Waals surface area contributed by atoms with Gasteiger partial charge in [0.25, 0.3) is 11.8 Å². The molecule has 3 aromatic rings. The van der Waals surface area contributed by atoms with E-state index in [1.807, 2.05) is 65.6 Å². The highest BCUT2D eigenvalue weighted by atomic mass is 16.5. The summed E-state index contributed by atoms with van der Waals surface area (Å²) >= 11 is 0. The predicted molar refractivity (Wildman–Crippen MR) is 149 cm³/mol. The van der Waals surface area contributed by atoms with E-state index >= 15 is 0 Å². The summed E-state index contributed by atoms with van der Waals surface area (Å²) in [6.45, 7) is 1.74. The Labute approximate surface area is 229 Å². The third kappa shape index (κ3) is 5.32. The highest BCUT2D eigenvalue weighted by molar-refractivity contribution is 5.97. The quantitative estimate of drug-likeness (QED) is 0.470. The first-order chi connectivity index (χ1) is 18.9. The molecule has 0 radical (unpaired) electrons. The number of carbonyl (C=O) groups excluding carboxylic acids is 3. The van der Waals surface area contributed by atoms with E-state index in [2.05, 4.69) is 4.90 Å². The molecule has 0 N–H and O–H groups in total. The number of hydrogen-bond acceptors (Lipinski definition) is 5. The lowest BCUT2D eigenvalue weighted by Crippen LogP contribution is -2.57. The number of hydrogen-bond donors (Lipinski definition) is 0. The molecule has 202 valence electrons. The van der Waals surface area contributed by atoms with Gasteiger partial charge in [-0.3, -0.25) is 14.4 Å². The number of benzene rings is 3. The summed E-state index contributed by atoms with van der Waals surface area (Å²) in [6.07, 6.45) is 0.986. The number of methoxy groups -OCH3 is 1. The van der Waals surface area contributed by atoms with Crippen molar-refractivity contribution in [1.29, 1.82) is 0 Å². The Hall–Kier alpha value is -4.33. The molecule has 1 spiro atoms. The molecule has 2 aliphatic rings. The molecule has 0 aromatic heterocycles. The summed E-state index contributed by atoms with van der Waals surface area (Å²) in [5, 5.41) is 0. The molecule has 5 rings (SSSR count). The van der Waals surface area contributed by atoms with Gasteiger partial charge in [0, 0.05) is 37.9 Å². The van der Waals surface area contributed by atoms with Crippen molar-refractivity contribution in [3.8, 4) is 5.75 Å². The highest BCUT2D eigenvalue weighted by Crippen LogP contribution is 2.39. The Bertz CT molecular complexity index is 1310. The van der Waals surface area contributed by atoms with Gasteiger partial charge in [0.15, 0.2) is 0 Å². The Morgan fingerprint density at radius 2 is 1.51 bits per heavy atom. The van der Waals surface area contributed by atoms with E-state index in [4.69, 9.17) is 4.74 Å². The van der Waals surface area contributed by atoms with Crippen molar-refractivity contribution in [1.82, 2.24) is 14.7 Å². The maximum atomic E-state index is 14.0. The molecule has 8 nitrogen and oxygen atoms in total. The van der Waals surface area contributed by atoms with Crippen LogP contribution in [-0.2, 0) is 16.1 Å². The first-order valence-corrected chi connectivity index (χ1v) is 13.2. The summed E-state index contributed by atoms with van der Waals surface area (Å²) in [7, 11) is 3.36. The molecule has 2 heterocycles. The number of para-hydroxylation sites is 1. The van der Waals surface area contributed by atoms with Gasteiger partial charge in [-0.25, -0.2) is 0 Å². The molecule has 0 aliphatic carbocycles. The van der Waals surface area contributed by atoms with Crippen molar-refractivity contribution in [2.45, 2.75) is 24.9 Å². The van der Waals surface area contributed by atoms with Crippen LogP contribution in [0.4, 0.5) is 5.69 Å². The lowest BCUT2D eigenvalue weighted by molar-refractivity contribution is -0.140. The van der Waals surface area contributed by atoms with Crippen LogP contribution in [-0.4, -0.2) is 78.4 Å². The Morgan fingerprint density at radius 1 is 0.897 bits per heavy atom. The van der Waals surface area contributed by atoms with Gasteiger partial charge < -0.3 is 24.3 Å². The molecular formula is C31H34N4O4. The number of anilines is 1. The SMILES string of the molecule is COc1ccc(C(=O)N2CCC3(CC2)C(=O)N(CC(=O)N(C)Cc2ccccc2)CN3c2ccccc2)cc1. The summed E-state index contributed by atoms with van der Waals surface area (Å²) in [5.74, 6) is 0.482. The van der Waals surface area contributed by atoms with Crippen molar-refractivity contribution in [3.05, 3.63) is 96.1 Å². The van der Waals surface area contributed by atoms with Gasteiger partial charge in [-0.05, 0) is 54.8 Å². The van der Waals surface area contributed by atoms with Gasteiger partial charge in [-0.1, -0.05) is 48.5 Å². The first kappa shape index (κ1) is 26.3. The minimum absolute atomic E-state index is 0.0156. The zero-order valence-electron chi connectivity index (χ0n) is 22.5. The molecule has 0 saturated carbocycles. The number of likely N-dealkylation sites (N-methyl/N-ethyl adjacent to an activating group) is 1. The highest BCUT2D eigenvalue weighted by Gasteiger charge is 2.54. The fourth-order valence-corrected chi connectivity index (χ4v) is 5.55. The first-order valence-electron chi connectivity index (χ1n) is 13.2. The van der Waals surface area contributed by atoms with Crippen molar-refractivity contribution >= 4 is 23.4 Å². The Balaban J connectivity index is 1.31. The number of carbonyl (C=O) groups is 3. The zero-order chi connectivity index (χ0) is 27.4. The van der Waals surface area contributed by atoms with Crippen molar-refractivity contribution in [2.75, 3.05) is 45.4 Å². The average Bonchev–Trinajstić information content (AvgIpc) is 3.24. The topological polar surface area (TPSA) is 73.4 Å². The fourth-order valence-electron chi connectivity index (χ4n) is 5.55. The molecule has 3 amide bonds. The van der Waals surface area contributed by atoms with Crippen molar-refractivity contribution in [3.63, 3.8) is 0 Å². The van der Waals surface area contributed by atoms with Gasteiger partial charge in [0.2, 0.25) is 5.91 Å². The second-order valence-corrected chi connectivity index (χ2v) is 10.2. The number of likely N-dealkylation sites (tertiary alicyclic amines) is 1. The molecule has 2 fully saturated rings. The van der Waals surface area contributed by atoms with Gasteiger partial charge in [0.05, 0.1) is 13.8 Å². The summed E-state index contributed by atoms with van der Waals surface area (Å²) < 4.78 is 5.21. The van der Waals surface area contributed by atoms with Gasteiger partial charge in [0.1, 0.15) is 17.8 Å². The number of ether oxygens (including phenoxy) is 1. The standard InChI is InChI=1S/C31H34N4O4/c1-32(21-24-9-5-3-6-10-24)28(36)22-34-23-35(26-11-7-4-8-12-26)31(30(34)38)17-19-33(20-18-31)29(37)25-13-15-27(39-2)16-14-25/h3-16H,17-23H2,1-2H3. The third-order valence-corrected chi connectivity index (χ3v) is 7.81. The number of amides is 3. The minimum atomic E-state index is -0.795.